The summed E-state index contributed by atoms with van der Waals surface area (Å²) in [6, 6.07) is 45.7. The van der Waals surface area contributed by atoms with Gasteiger partial charge in [0.2, 0.25) is 5.91 Å². The molecule has 6 aromatic heterocycles. The molecule has 19 nitrogen and oxygen atoms in total. The zero-order valence-electron chi connectivity index (χ0n) is 53.4. The van der Waals surface area contributed by atoms with E-state index < -0.39 is 35.2 Å². The quantitative estimate of drug-likeness (QED) is 0.0321. The average molecular weight is 1420 g/mol. The van der Waals surface area contributed by atoms with E-state index >= 15 is 0 Å². The third-order valence-electron chi connectivity index (χ3n) is 15.9. The van der Waals surface area contributed by atoms with Crippen LogP contribution in [0, 0.1) is 0 Å². The number of hydrogen-bond acceptors (Lipinski definition) is 18. The van der Waals surface area contributed by atoms with Gasteiger partial charge in [-0.15, -0.1) is 0 Å². The van der Waals surface area contributed by atoms with Crippen molar-refractivity contribution in [2.45, 2.75) is 50.6 Å². The van der Waals surface area contributed by atoms with Gasteiger partial charge in [-0.25, -0.2) is 44.9 Å². The second-order valence-corrected chi connectivity index (χ2v) is 23.5. The molecule has 518 valence electrons. The molecule has 0 unspecified atom stereocenters. The fraction of sp³-hybridized carbons (Fsp3) is 0.108. The first-order chi connectivity index (χ1) is 49.4. The van der Waals surface area contributed by atoms with Crippen LogP contribution in [0.15, 0.2) is 220 Å². The number of anilines is 12. The van der Waals surface area contributed by atoms with Gasteiger partial charge in [-0.05, 0) is 131 Å². The lowest BCUT2D eigenvalue weighted by atomic mass is 10.1. The number of halogens is 10. The topological polar surface area (TPSA) is 265 Å². The Morgan fingerprint density at radius 1 is 0.359 bits per heavy atom. The van der Waals surface area contributed by atoms with Gasteiger partial charge in [0.25, 0.3) is 0 Å². The molecule has 7 heterocycles. The number of nitrogens with one attached hydrogen (secondary N) is 6. The molecular weight excluding hydrogens is 1370 g/mol. The first-order valence-corrected chi connectivity index (χ1v) is 31.6. The zero-order valence-corrected chi connectivity index (χ0v) is 54.2. The lowest BCUT2D eigenvalue weighted by Crippen LogP contribution is -2.11. The number of pyridine rings is 3. The summed E-state index contributed by atoms with van der Waals surface area (Å²) in [6.45, 7) is 0. The number of nitrogens with zero attached hydrogens (tertiary/aromatic N) is 9. The molecule has 2 aliphatic carbocycles. The molecule has 0 bridgehead atoms. The van der Waals surface area contributed by atoms with E-state index in [2.05, 4.69) is 76.8 Å². The normalized spacial score (nSPS) is 12.7. The monoisotopic (exact) mass is 1420 g/mol. The number of aromatic nitrogens is 9. The van der Waals surface area contributed by atoms with Crippen molar-refractivity contribution in [3.05, 3.63) is 269 Å². The maximum Gasteiger partial charge on any atom is 0.419 e. The Labute approximate surface area is 585 Å². The van der Waals surface area contributed by atoms with Crippen LogP contribution in [-0.4, -0.2) is 62.3 Å². The molecule has 0 saturated carbocycles. The number of Topliss-reactive ketones (excluding diaryl/α,β-unsaturated/α-hetero) is 2. The molecule has 8 N–H and O–H groups in total. The predicted octanol–water partition coefficient (Wildman–Crippen LogP) is 17.1. The molecule has 0 atom stereocenters. The SMILES string of the molecule is FC(F)(F)c1cnc(Cl)cc1Nc1ccccc1-c1ncccn1.Nc1ccc2c(c1)CC(=O)N2.O=C1Cc2ccc(Nc3cc(Nc4ccccc4-c4ncccn4)c(C(F)(F)F)cn3)cc2C1.O=C1Cc2ccc(Nc3cc(Nc4ccccc4-c4ncccn4)c(C(F)(F)F)cn3)cc2C1. The van der Waals surface area contributed by atoms with Gasteiger partial charge in [0, 0.05) is 150 Å². The minimum Gasteiger partial charge on any atom is -0.399 e. The Bertz CT molecular complexity index is 4910. The van der Waals surface area contributed by atoms with Gasteiger partial charge in [-0.1, -0.05) is 60.1 Å². The van der Waals surface area contributed by atoms with E-state index in [1.165, 1.54) is 12.1 Å². The Hall–Kier alpha value is -12.7. The molecule has 0 spiro atoms. The van der Waals surface area contributed by atoms with Crippen molar-refractivity contribution >= 4 is 97.6 Å². The maximum absolute atomic E-state index is 13.8. The molecule has 15 rings (SSSR count). The van der Waals surface area contributed by atoms with E-state index in [4.69, 9.17) is 17.3 Å². The lowest BCUT2D eigenvalue weighted by molar-refractivity contribution is -0.138. The average Bonchev–Trinajstić information content (AvgIpc) is 1.71. The fourth-order valence-corrected chi connectivity index (χ4v) is 11.3. The van der Waals surface area contributed by atoms with Crippen LogP contribution >= 0.6 is 11.6 Å². The van der Waals surface area contributed by atoms with Crippen molar-refractivity contribution in [2.75, 3.05) is 37.6 Å². The van der Waals surface area contributed by atoms with Crippen molar-refractivity contribution < 1.29 is 53.9 Å². The molecule has 6 aromatic carbocycles. The highest BCUT2D eigenvalue weighted by molar-refractivity contribution is 6.29. The van der Waals surface area contributed by atoms with Crippen molar-refractivity contribution in [1.82, 2.24) is 44.9 Å². The van der Waals surface area contributed by atoms with E-state index in [9.17, 15) is 53.9 Å². The van der Waals surface area contributed by atoms with E-state index in [1.807, 2.05) is 36.4 Å². The summed E-state index contributed by atoms with van der Waals surface area (Å²) in [6.07, 6.45) is -0.105. The van der Waals surface area contributed by atoms with Crippen molar-refractivity contribution in [3.63, 3.8) is 0 Å². The first kappa shape index (κ1) is 70.2. The number of ketones is 2. The highest BCUT2D eigenvalue weighted by Crippen LogP contribution is 2.43. The van der Waals surface area contributed by atoms with Crippen LogP contribution in [-0.2, 0) is 65.0 Å². The number of rotatable bonds is 13. The van der Waals surface area contributed by atoms with Gasteiger partial charge in [0.1, 0.15) is 28.4 Å². The van der Waals surface area contributed by atoms with E-state index in [1.54, 1.807) is 146 Å². The molecule has 12 aromatic rings. The number of para-hydroxylation sites is 3. The molecular formula is C74H54ClF9N16O3. The number of nitrogen functional groups attached to an aromatic ring is 1. The third-order valence-corrected chi connectivity index (χ3v) is 16.1. The summed E-state index contributed by atoms with van der Waals surface area (Å²) < 4.78 is 122. The number of nitrogens with two attached hydrogens (primary N) is 1. The van der Waals surface area contributed by atoms with Gasteiger partial charge >= 0.3 is 18.5 Å². The summed E-state index contributed by atoms with van der Waals surface area (Å²) in [5, 5.41) is 17.3. The van der Waals surface area contributed by atoms with Gasteiger partial charge < -0.3 is 37.6 Å². The largest absolute Gasteiger partial charge is 0.419 e. The van der Waals surface area contributed by atoms with Crippen LogP contribution in [0.25, 0.3) is 34.2 Å². The molecule has 0 radical (unpaired) electrons. The first-order valence-electron chi connectivity index (χ1n) is 31.2. The molecule has 29 heteroatoms. The van der Waals surface area contributed by atoms with Crippen LogP contribution in [0.3, 0.4) is 0 Å². The number of amides is 1. The van der Waals surface area contributed by atoms with Crippen LogP contribution in [0.1, 0.15) is 44.5 Å². The smallest absolute Gasteiger partial charge is 0.399 e. The Morgan fingerprint density at radius 2 is 0.728 bits per heavy atom. The van der Waals surface area contributed by atoms with Gasteiger partial charge in [0.15, 0.2) is 17.5 Å². The fourth-order valence-electron chi connectivity index (χ4n) is 11.2. The number of carbonyl (C=O) groups excluding carboxylic acids is 3. The van der Waals surface area contributed by atoms with E-state index in [-0.39, 0.29) is 51.3 Å². The number of hydrogen-bond donors (Lipinski definition) is 7. The summed E-state index contributed by atoms with van der Waals surface area (Å²) in [5.41, 5.74) is 12.9. The molecule has 0 saturated heterocycles. The number of alkyl halides is 9. The minimum atomic E-state index is -4.61. The van der Waals surface area contributed by atoms with Crippen molar-refractivity contribution in [2.24, 2.45) is 0 Å². The van der Waals surface area contributed by atoms with Crippen LogP contribution in [0.2, 0.25) is 5.15 Å². The van der Waals surface area contributed by atoms with Crippen LogP contribution in [0.5, 0.6) is 0 Å². The highest BCUT2D eigenvalue weighted by atomic mass is 35.5. The number of fused-ring (bicyclic) bond motifs is 3. The summed E-state index contributed by atoms with van der Waals surface area (Å²) >= 11 is 5.75. The van der Waals surface area contributed by atoms with Gasteiger partial charge in [0.05, 0.1) is 40.2 Å². The molecule has 0 fully saturated rings. The van der Waals surface area contributed by atoms with E-state index in [0.717, 1.165) is 52.0 Å². The van der Waals surface area contributed by atoms with Crippen LogP contribution < -0.4 is 37.6 Å². The lowest BCUT2D eigenvalue weighted by Gasteiger charge is -2.18. The predicted molar refractivity (Wildman–Crippen MR) is 372 cm³/mol. The Balaban J connectivity index is 0.000000137. The second-order valence-electron chi connectivity index (χ2n) is 23.1. The van der Waals surface area contributed by atoms with E-state index in [0.29, 0.717) is 107 Å². The summed E-state index contributed by atoms with van der Waals surface area (Å²) in [7, 11) is 0. The maximum atomic E-state index is 13.8. The summed E-state index contributed by atoms with van der Waals surface area (Å²) in [4.78, 5) is 70.8. The van der Waals surface area contributed by atoms with Crippen LogP contribution in [0.4, 0.5) is 108 Å². The number of carbonyl (C=O) groups is 3. The van der Waals surface area contributed by atoms with Crippen molar-refractivity contribution in [3.8, 4) is 34.2 Å². The minimum absolute atomic E-state index is 0.0426. The highest BCUT2D eigenvalue weighted by Gasteiger charge is 2.37. The standard InChI is InChI=1S/2C25H18F3N5O.C16H10ClF3N4.C8H8N2O/c2*26-25(27,28)20-14-31-23(32-17-7-6-15-11-18(34)12-16(15)10-17)13-22(20)33-21-5-2-1-4-19(21)24-29-8-3-9-30-24;17-14-8-13(11(9-23-14)16(18,19)20)24-12-5-2-1-4-10(12)15-21-6-3-7-22-15;9-6-1-2-7-5(3-6)4-8(11)10-7/h2*1-10,13-14H,11-12H2,(H2,31,32,33);1-9H,(H,23,24);1-3H,4,9H2,(H,10,11). The zero-order chi connectivity index (χ0) is 72.4. The molecule has 1 amide bonds. The van der Waals surface area contributed by atoms with Gasteiger partial charge in [-0.3, -0.25) is 14.4 Å². The molecule has 1 aliphatic heterocycles. The summed E-state index contributed by atoms with van der Waals surface area (Å²) in [5.74, 6) is 1.97. The van der Waals surface area contributed by atoms with Crippen molar-refractivity contribution in [1.29, 1.82) is 0 Å². The van der Waals surface area contributed by atoms with Gasteiger partial charge in [-0.2, -0.15) is 39.5 Å². The Kier molecular flexibility index (Phi) is 20.7. The Morgan fingerprint density at radius 3 is 1.13 bits per heavy atom. The third kappa shape index (κ3) is 17.7. The molecule has 3 aliphatic rings. The number of benzene rings is 6. The second kappa shape index (κ2) is 30.4. The molecule has 103 heavy (non-hydrogen) atoms.